The number of nitrogens with zero attached hydrogens (tertiary/aromatic N) is 1. The van der Waals surface area contributed by atoms with Gasteiger partial charge < -0.3 is 10.6 Å². The summed E-state index contributed by atoms with van der Waals surface area (Å²) in [5.74, 6) is -0.138. The molecule has 1 aromatic heterocycles. The molecular formula is C18H15Cl2N3OS2. The van der Waals surface area contributed by atoms with Crippen molar-refractivity contribution in [3.05, 3.63) is 46.4 Å². The number of carbonyl (C=O) groups excluding carboxylic acids is 1. The van der Waals surface area contributed by atoms with E-state index in [0.29, 0.717) is 22.2 Å². The van der Waals surface area contributed by atoms with Gasteiger partial charge in [0.15, 0.2) is 5.11 Å². The van der Waals surface area contributed by atoms with Gasteiger partial charge in [0.2, 0.25) is 5.91 Å². The maximum Gasteiger partial charge on any atom is 0.226 e. The molecule has 0 aliphatic heterocycles. The lowest BCUT2D eigenvalue weighted by molar-refractivity contribution is -0.119. The summed E-state index contributed by atoms with van der Waals surface area (Å²) in [6.07, 6.45) is 1.16. The molecule has 0 bridgehead atoms. The smallest absolute Gasteiger partial charge is 0.226 e. The first-order valence-electron chi connectivity index (χ1n) is 7.93. The van der Waals surface area contributed by atoms with Crippen LogP contribution in [0.3, 0.4) is 0 Å². The Labute approximate surface area is 170 Å². The van der Waals surface area contributed by atoms with Gasteiger partial charge in [-0.2, -0.15) is 0 Å². The van der Waals surface area contributed by atoms with E-state index in [0.717, 1.165) is 27.2 Å². The zero-order valence-electron chi connectivity index (χ0n) is 13.8. The minimum atomic E-state index is -0.138. The van der Waals surface area contributed by atoms with Crippen LogP contribution in [0.4, 0.5) is 5.69 Å². The van der Waals surface area contributed by atoms with Crippen LogP contribution in [0, 0.1) is 0 Å². The van der Waals surface area contributed by atoms with Gasteiger partial charge in [-0.05, 0) is 42.9 Å². The van der Waals surface area contributed by atoms with Crippen LogP contribution in [0.15, 0.2) is 36.4 Å². The summed E-state index contributed by atoms with van der Waals surface area (Å²) in [4.78, 5) is 16.3. The third-order valence-corrected chi connectivity index (χ3v) is 5.46. The lowest BCUT2D eigenvalue weighted by atomic mass is 10.2. The van der Waals surface area contributed by atoms with Crippen LogP contribution in [0.25, 0.3) is 20.8 Å². The summed E-state index contributed by atoms with van der Waals surface area (Å²) >= 11 is 19.4. The van der Waals surface area contributed by atoms with Gasteiger partial charge >= 0.3 is 0 Å². The Morgan fingerprint density at radius 3 is 2.73 bits per heavy atom. The molecule has 2 N–H and O–H groups in total. The van der Waals surface area contributed by atoms with Crippen molar-refractivity contribution in [1.82, 2.24) is 10.3 Å². The zero-order chi connectivity index (χ0) is 18.7. The van der Waals surface area contributed by atoms with E-state index in [-0.39, 0.29) is 11.0 Å². The van der Waals surface area contributed by atoms with Crippen molar-refractivity contribution >= 4 is 73.7 Å². The number of hydrogen-bond donors (Lipinski definition) is 2. The van der Waals surface area contributed by atoms with E-state index in [1.807, 2.05) is 31.2 Å². The van der Waals surface area contributed by atoms with Crippen LogP contribution < -0.4 is 10.6 Å². The molecule has 0 spiro atoms. The second-order valence-electron chi connectivity index (χ2n) is 5.55. The van der Waals surface area contributed by atoms with Crippen LogP contribution in [-0.2, 0) is 4.79 Å². The maximum absolute atomic E-state index is 11.7. The number of rotatable bonds is 4. The van der Waals surface area contributed by atoms with Crippen molar-refractivity contribution in [2.75, 3.05) is 5.32 Å². The molecule has 3 aromatic rings. The van der Waals surface area contributed by atoms with E-state index >= 15 is 0 Å². The van der Waals surface area contributed by atoms with Gasteiger partial charge in [0.05, 0.1) is 25.9 Å². The number of fused-ring (bicyclic) bond motifs is 1. The molecule has 0 saturated carbocycles. The standard InChI is InChI=1S/C18H15Cl2N3OS2/c1-2-5-16(24)23-18(25)22-14-8-10(11(19)9-12(14)20)17-21-13-6-3-4-7-15(13)26-17/h3-4,6-9H,2,5H2,1H3,(H2,22,23,24,25). The van der Waals surface area contributed by atoms with E-state index < -0.39 is 0 Å². The molecule has 134 valence electrons. The minimum absolute atomic E-state index is 0.138. The number of nitrogens with one attached hydrogen (secondary N) is 2. The topological polar surface area (TPSA) is 54.0 Å². The molecular weight excluding hydrogens is 409 g/mol. The number of anilines is 1. The summed E-state index contributed by atoms with van der Waals surface area (Å²) in [6, 6.07) is 11.3. The van der Waals surface area contributed by atoms with Crippen molar-refractivity contribution in [2.24, 2.45) is 0 Å². The third-order valence-electron chi connectivity index (χ3n) is 3.56. The highest BCUT2D eigenvalue weighted by Gasteiger charge is 2.14. The van der Waals surface area contributed by atoms with Crippen molar-refractivity contribution in [3.63, 3.8) is 0 Å². The first-order valence-corrected chi connectivity index (χ1v) is 9.92. The van der Waals surface area contributed by atoms with Crippen LogP contribution >= 0.6 is 46.8 Å². The average Bonchev–Trinajstić information content (AvgIpc) is 3.01. The van der Waals surface area contributed by atoms with Crippen LogP contribution in [0.5, 0.6) is 0 Å². The molecule has 0 aliphatic carbocycles. The summed E-state index contributed by atoms with van der Waals surface area (Å²) in [6.45, 7) is 1.93. The van der Waals surface area contributed by atoms with E-state index in [2.05, 4.69) is 15.6 Å². The molecule has 3 rings (SSSR count). The highest BCUT2D eigenvalue weighted by atomic mass is 35.5. The molecule has 8 heteroatoms. The van der Waals surface area contributed by atoms with Gasteiger partial charge in [0, 0.05) is 12.0 Å². The first kappa shape index (κ1) is 19.0. The normalized spacial score (nSPS) is 10.7. The van der Waals surface area contributed by atoms with Crippen molar-refractivity contribution < 1.29 is 4.79 Å². The van der Waals surface area contributed by atoms with Gasteiger partial charge in [0.25, 0.3) is 0 Å². The molecule has 0 saturated heterocycles. The molecule has 0 atom stereocenters. The summed E-state index contributed by atoms with van der Waals surface area (Å²) in [5, 5.41) is 7.48. The molecule has 2 aromatic carbocycles. The Morgan fingerprint density at radius 2 is 2.00 bits per heavy atom. The van der Waals surface area contributed by atoms with E-state index in [9.17, 15) is 4.79 Å². The van der Waals surface area contributed by atoms with Gasteiger partial charge in [-0.15, -0.1) is 11.3 Å². The van der Waals surface area contributed by atoms with E-state index in [1.54, 1.807) is 23.5 Å². The Kier molecular flexibility index (Phi) is 6.09. The third kappa shape index (κ3) is 4.32. The predicted molar refractivity (Wildman–Crippen MR) is 114 cm³/mol. The predicted octanol–water partition coefficient (Wildman–Crippen LogP) is 5.88. The SMILES string of the molecule is CCCC(=O)NC(=S)Nc1cc(-c2nc3ccccc3s2)c(Cl)cc1Cl. The van der Waals surface area contributed by atoms with Crippen molar-refractivity contribution in [3.8, 4) is 10.6 Å². The van der Waals surface area contributed by atoms with Gasteiger partial charge in [-0.3, -0.25) is 4.79 Å². The maximum atomic E-state index is 11.7. The summed E-state index contributed by atoms with van der Waals surface area (Å²) in [7, 11) is 0. The molecule has 0 unspecified atom stereocenters. The van der Waals surface area contributed by atoms with Gasteiger partial charge in [-0.25, -0.2) is 4.98 Å². The number of aromatic nitrogens is 1. The second-order valence-corrected chi connectivity index (χ2v) is 7.80. The van der Waals surface area contributed by atoms with Crippen LogP contribution in [0.2, 0.25) is 10.0 Å². The van der Waals surface area contributed by atoms with E-state index in [4.69, 9.17) is 35.4 Å². The Morgan fingerprint density at radius 1 is 1.23 bits per heavy atom. The molecule has 26 heavy (non-hydrogen) atoms. The number of thiocarbonyl (C=S) groups is 1. The molecule has 0 fully saturated rings. The highest BCUT2D eigenvalue weighted by Crippen LogP contribution is 2.38. The fourth-order valence-electron chi connectivity index (χ4n) is 2.37. The number of amides is 1. The number of hydrogen-bond acceptors (Lipinski definition) is 4. The number of carbonyl (C=O) groups is 1. The number of benzene rings is 2. The fraction of sp³-hybridized carbons (Fsp3) is 0.167. The summed E-state index contributed by atoms with van der Waals surface area (Å²) in [5.41, 5.74) is 2.23. The van der Waals surface area contributed by atoms with Crippen LogP contribution in [-0.4, -0.2) is 16.0 Å². The second kappa shape index (κ2) is 8.31. The molecule has 1 amide bonds. The van der Waals surface area contributed by atoms with Gasteiger partial charge in [0.1, 0.15) is 5.01 Å². The lowest BCUT2D eigenvalue weighted by Gasteiger charge is -2.12. The highest BCUT2D eigenvalue weighted by molar-refractivity contribution is 7.80. The van der Waals surface area contributed by atoms with Crippen molar-refractivity contribution in [1.29, 1.82) is 0 Å². The lowest BCUT2D eigenvalue weighted by Crippen LogP contribution is -2.33. The monoisotopic (exact) mass is 423 g/mol. The Balaban J connectivity index is 1.89. The quantitative estimate of drug-likeness (QED) is 0.514. The molecule has 0 aliphatic rings. The number of thiazole rings is 1. The first-order chi connectivity index (χ1) is 12.5. The molecule has 0 radical (unpaired) electrons. The summed E-state index contributed by atoms with van der Waals surface area (Å²) < 4.78 is 1.07. The number of para-hydroxylation sites is 1. The Hall–Kier alpha value is -1.73. The molecule has 4 nitrogen and oxygen atoms in total. The average molecular weight is 424 g/mol. The van der Waals surface area contributed by atoms with Crippen molar-refractivity contribution in [2.45, 2.75) is 19.8 Å². The minimum Gasteiger partial charge on any atom is -0.331 e. The Bertz CT molecular complexity index is 955. The zero-order valence-corrected chi connectivity index (χ0v) is 17.0. The van der Waals surface area contributed by atoms with E-state index in [1.165, 1.54) is 0 Å². The molecule has 1 heterocycles. The largest absolute Gasteiger partial charge is 0.331 e. The fourth-order valence-corrected chi connectivity index (χ4v) is 4.16. The van der Waals surface area contributed by atoms with Crippen LogP contribution in [0.1, 0.15) is 19.8 Å². The number of halogens is 2. The van der Waals surface area contributed by atoms with Gasteiger partial charge in [-0.1, -0.05) is 42.3 Å².